The van der Waals surface area contributed by atoms with E-state index in [1.165, 1.54) is 26.3 Å². The summed E-state index contributed by atoms with van der Waals surface area (Å²) in [6, 6.07) is 5.77. The molecule has 4 bridgehead atoms. The smallest absolute Gasteiger partial charge is 0.439 e. The summed E-state index contributed by atoms with van der Waals surface area (Å²) in [5, 5.41) is 11.2. The Morgan fingerprint density at radius 3 is 2.72 bits per heavy atom. The van der Waals surface area contributed by atoms with Gasteiger partial charge in [0, 0.05) is 50.3 Å². The first kappa shape index (κ1) is 19.6. The second-order valence-electron chi connectivity index (χ2n) is 8.98. The van der Waals surface area contributed by atoms with Gasteiger partial charge in [0.25, 0.3) is 0 Å². The Kier molecular flexibility index (Phi) is 4.63. The molecule has 0 spiro atoms. The number of hydrogen-bond acceptors (Lipinski definition) is 5. The van der Waals surface area contributed by atoms with E-state index in [1.807, 2.05) is 16.5 Å². The van der Waals surface area contributed by atoms with Crippen molar-refractivity contribution >= 4 is 18.6 Å². The summed E-state index contributed by atoms with van der Waals surface area (Å²) in [4.78, 5) is 2.68. The molecule has 1 aromatic carbocycles. The summed E-state index contributed by atoms with van der Waals surface area (Å²) < 4.78 is 26.5. The first-order valence-corrected chi connectivity index (χ1v) is 12.3. The highest BCUT2D eigenvalue weighted by molar-refractivity contribution is 7.52. The highest BCUT2D eigenvalue weighted by atomic mass is 31.2. The molecule has 1 aliphatic carbocycles. The maximum atomic E-state index is 13.7. The number of benzene rings is 1. The number of hydrogen-bond donors (Lipinski definition) is 1. The minimum atomic E-state index is -3.52. The molecule has 29 heavy (non-hydrogen) atoms. The summed E-state index contributed by atoms with van der Waals surface area (Å²) in [6.45, 7) is 6.89. The number of aromatic hydroxyl groups is 1. The lowest BCUT2D eigenvalue weighted by Gasteiger charge is -2.56. The Morgan fingerprint density at radius 2 is 2.03 bits per heavy atom. The maximum Gasteiger partial charge on any atom is 0.439 e. The van der Waals surface area contributed by atoms with Crippen molar-refractivity contribution in [2.75, 3.05) is 27.3 Å². The largest absolute Gasteiger partial charge is 0.508 e. The fourth-order valence-electron chi connectivity index (χ4n) is 6.70. The molecule has 2 saturated heterocycles. The molecule has 0 amide bonds. The Morgan fingerprint density at radius 1 is 1.28 bits per heavy atom. The van der Waals surface area contributed by atoms with Crippen LogP contribution in [0.3, 0.4) is 0 Å². The SMILES string of the molecule is CC[C@@H]1C2[C@H]3C[C@@H](CN2CCc2c3n(P(=O)(OC)OC)c3ccc(O)cc23)[C@@H]1C. The minimum absolute atomic E-state index is 0.233. The highest BCUT2D eigenvalue weighted by Crippen LogP contribution is 2.59. The number of phenolic OH excluding ortho intramolecular Hbond substituents is 1. The molecule has 6 nitrogen and oxygen atoms in total. The zero-order valence-corrected chi connectivity index (χ0v) is 18.6. The van der Waals surface area contributed by atoms with Gasteiger partial charge in [-0.15, -0.1) is 0 Å². The van der Waals surface area contributed by atoms with Gasteiger partial charge >= 0.3 is 7.75 Å². The van der Waals surface area contributed by atoms with Crippen molar-refractivity contribution in [3.63, 3.8) is 0 Å². The van der Waals surface area contributed by atoms with E-state index in [-0.39, 0.29) is 5.75 Å². The van der Waals surface area contributed by atoms with Crippen molar-refractivity contribution in [3.8, 4) is 5.75 Å². The molecule has 4 heterocycles. The monoisotopic (exact) mass is 418 g/mol. The standard InChI is InChI=1S/C22H31N2O4P/c1-5-16-13(2)14-10-19-21(16)23(12-14)9-8-17-18-11-15(25)6-7-20(18)24(22(17)19)29(26,27-3)28-4/h6-7,11,13-14,16,19,21,25H,5,8-10,12H2,1-4H3/t13-,14-,16-,19+,21?/m0/s1. The number of fused-ring (bicyclic) bond motifs is 4. The predicted octanol–water partition coefficient (Wildman–Crippen LogP) is 4.60. The van der Waals surface area contributed by atoms with Crippen LogP contribution in [0.5, 0.6) is 5.75 Å². The van der Waals surface area contributed by atoms with E-state index in [9.17, 15) is 9.67 Å². The van der Waals surface area contributed by atoms with E-state index >= 15 is 0 Å². The van der Waals surface area contributed by atoms with E-state index < -0.39 is 7.75 Å². The van der Waals surface area contributed by atoms with Crippen LogP contribution < -0.4 is 0 Å². The third kappa shape index (κ3) is 2.62. The minimum Gasteiger partial charge on any atom is -0.508 e. The molecule has 0 radical (unpaired) electrons. The van der Waals surface area contributed by atoms with Crippen molar-refractivity contribution in [1.29, 1.82) is 0 Å². The van der Waals surface area contributed by atoms with Crippen LogP contribution in [-0.4, -0.2) is 47.7 Å². The number of aromatic nitrogens is 1. The average molecular weight is 418 g/mol. The fourth-order valence-corrected chi connectivity index (χ4v) is 8.15. The molecule has 6 atom stereocenters. The Bertz CT molecular complexity index is 994. The van der Waals surface area contributed by atoms with Gasteiger partial charge in [-0.05, 0) is 54.4 Å². The molecular weight excluding hydrogens is 387 g/mol. The number of rotatable bonds is 4. The molecule has 3 aliphatic heterocycles. The molecule has 1 N–H and O–H groups in total. The van der Waals surface area contributed by atoms with E-state index in [0.29, 0.717) is 23.8 Å². The van der Waals surface area contributed by atoms with Crippen molar-refractivity contribution < 1.29 is 18.7 Å². The fraction of sp³-hybridized carbons (Fsp3) is 0.636. The lowest BCUT2D eigenvalue weighted by Crippen LogP contribution is -2.59. The van der Waals surface area contributed by atoms with E-state index in [1.54, 1.807) is 6.07 Å². The second kappa shape index (κ2) is 6.84. The summed E-state index contributed by atoms with van der Waals surface area (Å²) in [5.41, 5.74) is 3.14. The molecule has 2 unspecified atom stereocenters. The van der Waals surface area contributed by atoms with Gasteiger partial charge < -0.3 is 5.11 Å². The normalized spacial score (nSPS) is 33.7. The molecule has 2 aromatic rings. The third-order valence-electron chi connectivity index (χ3n) is 7.97. The van der Waals surface area contributed by atoms with Gasteiger partial charge in [-0.2, -0.15) is 0 Å². The van der Waals surface area contributed by atoms with Gasteiger partial charge in [-0.3, -0.25) is 18.3 Å². The zero-order chi connectivity index (χ0) is 20.5. The molecule has 4 aliphatic rings. The lowest BCUT2D eigenvalue weighted by molar-refractivity contribution is -0.0543. The summed E-state index contributed by atoms with van der Waals surface area (Å²) in [6.07, 6.45) is 3.17. The van der Waals surface area contributed by atoms with Crippen molar-refractivity contribution in [2.45, 2.75) is 45.1 Å². The van der Waals surface area contributed by atoms with Crippen LogP contribution in [0.25, 0.3) is 10.9 Å². The first-order valence-electron chi connectivity index (χ1n) is 10.8. The van der Waals surface area contributed by atoms with Crippen molar-refractivity contribution in [3.05, 3.63) is 29.5 Å². The Hall–Kier alpha value is -1.33. The number of piperidine rings is 2. The molecule has 6 rings (SSSR count). The quantitative estimate of drug-likeness (QED) is 0.735. The summed E-state index contributed by atoms with van der Waals surface area (Å²) in [7, 11) is -0.613. The molecule has 1 aromatic heterocycles. The van der Waals surface area contributed by atoms with E-state index in [4.69, 9.17) is 9.05 Å². The number of nitrogens with zero attached hydrogens (tertiary/aromatic N) is 2. The van der Waals surface area contributed by atoms with E-state index in [0.717, 1.165) is 48.3 Å². The van der Waals surface area contributed by atoms with Gasteiger partial charge in [-0.25, -0.2) is 4.57 Å². The van der Waals surface area contributed by atoms with Gasteiger partial charge in [-0.1, -0.05) is 20.3 Å². The molecule has 7 heteroatoms. The summed E-state index contributed by atoms with van der Waals surface area (Å²) >= 11 is 0. The van der Waals surface area contributed by atoms with Gasteiger partial charge in [0.15, 0.2) is 0 Å². The van der Waals surface area contributed by atoms with Crippen LogP contribution in [-0.2, 0) is 20.0 Å². The summed E-state index contributed by atoms with van der Waals surface area (Å²) in [5.74, 6) is 2.56. The molecule has 158 valence electrons. The van der Waals surface area contributed by atoms with Crippen LogP contribution >= 0.6 is 7.75 Å². The predicted molar refractivity (Wildman–Crippen MR) is 113 cm³/mol. The van der Waals surface area contributed by atoms with E-state index in [2.05, 4.69) is 18.7 Å². The van der Waals surface area contributed by atoms with Crippen LogP contribution in [0, 0.1) is 17.8 Å². The second-order valence-corrected chi connectivity index (χ2v) is 11.0. The highest BCUT2D eigenvalue weighted by Gasteiger charge is 2.53. The lowest BCUT2D eigenvalue weighted by atomic mass is 9.60. The molecular formula is C22H31N2O4P. The topological polar surface area (TPSA) is 63.9 Å². The average Bonchev–Trinajstić information content (AvgIpc) is 3.01. The van der Waals surface area contributed by atoms with Gasteiger partial charge in [0.2, 0.25) is 0 Å². The molecule has 3 fully saturated rings. The van der Waals surface area contributed by atoms with Crippen LogP contribution in [0.15, 0.2) is 18.2 Å². The number of phenols is 1. The molecule has 1 saturated carbocycles. The third-order valence-corrected chi connectivity index (χ3v) is 9.81. The maximum absolute atomic E-state index is 13.7. The van der Waals surface area contributed by atoms with Gasteiger partial charge in [0.05, 0.1) is 5.52 Å². The van der Waals surface area contributed by atoms with Gasteiger partial charge in [0.1, 0.15) is 5.75 Å². The Labute approximate surface area is 172 Å². The van der Waals surface area contributed by atoms with Crippen molar-refractivity contribution in [2.24, 2.45) is 17.8 Å². The van der Waals surface area contributed by atoms with Crippen molar-refractivity contribution in [1.82, 2.24) is 9.24 Å². The Balaban J connectivity index is 1.81. The first-order chi connectivity index (χ1) is 13.9. The van der Waals surface area contributed by atoms with Crippen LogP contribution in [0.2, 0.25) is 0 Å². The van der Waals surface area contributed by atoms with Crippen LogP contribution in [0.4, 0.5) is 0 Å². The van der Waals surface area contributed by atoms with Crippen LogP contribution in [0.1, 0.15) is 43.9 Å². The zero-order valence-electron chi connectivity index (χ0n) is 17.7.